The number of rotatable bonds is 2. The highest BCUT2D eigenvalue weighted by molar-refractivity contribution is 5.73. The molecule has 5 nitrogen and oxygen atoms in total. The van der Waals surface area contributed by atoms with Crippen LogP contribution in [0.25, 0.3) is 0 Å². The van der Waals surface area contributed by atoms with Crippen molar-refractivity contribution < 1.29 is 4.79 Å². The fourth-order valence-electron chi connectivity index (χ4n) is 0.451. The van der Waals surface area contributed by atoms with E-state index in [1.807, 2.05) is 6.92 Å². The van der Waals surface area contributed by atoms with E-state index in [2.05, 4.69) is 15.0 Å². The van der Waals surface area contributed by atoms with Gasteiger partial charge in [-0.25, -0.2) is 15.0 Å². The van der Waals surface area contributed by atoms with Crippen LogP contribution < -0.4 is 5.73 Å². The van der Waals surface area contributed by atoms with E-state index >= 15 is 0 Å². The Morgan fingerprint density at radius 2 is 1.67 bits per heavy atom. The monoisotopic (exact) mass is 168 g/mol. The summed E-state index contributed by atoms with van der Waals surface area (Å²) in [5.41, 5.74) is 4.76. The molecule has 0 saturated carbocycles. The molecule has 0 radical (unpaired) electrons. The van der Waals surface area contributed by atoms with E-state index in [1.54, 1.807) is 0 Å². The zero-order chi connectivity index (χ0) is 9.23. The summed E-state index contributed by atoms with van der Waals surface area (Å²) in [6, 6.07) is 0. The smallest absolute Gasteiger partial charge is 0.217 e. The van der Waals surface area contributed by atoms with E-state index < -0.39 is 0 Å². The third kappa shape index (κ3) is 8.48. The summed E-state index contributed by atoms with van der Waals surface area (Å²) >= 11 is 0. The van der Waals surface area contributed by atoms with E-state index in [4.69, 9.17) is 5.73 Å². The predicted octanol–water partition coefficient (Wildman–Crippen LogP) is 0.143. The average Bonchev–Trinajstić information content (AvgIpc) is 2.08. The SMILES string of the molecule is CCCC(N)=O.c1ncncn1. The second-order valence-corrected chi connectivity index (χ2v) is 2.01. The Bertz CT molecular complexity index is 175. The summed E-state index contributed by atoms with van der Waals surface area (Å²) in [6.45, 7) is 1.92. The number of primary amides is 1. The molecule has 12 heavy (non-hydrogen) atoms. The number of nitrogens with zero attached hydrogens (tertiary/aromatic N) is 3. The highest BCUT2D eigenvalue weighted by Gasteiger charge is 1.84. The van der Waals surface area contributed by atoms with Gasteiger partial charge in [0, 0.05) is 6.42 Å². The molecular weight excluding hydrogens is 156 g/mol. The normalized spacial score (nSPS) is 8.08. The summed E-state index contributed by atoms with van der Waals surface area (Å²) in [4.78, 5) is 20.5. The Hall–Kier alpha value is -1.52. The van der Waals surface area contributed by atoms with Crippen LogP contribution in [0.15, 0.2) is 19.0 Å². The van der Waals surface area contributed by atoms with Gasteiger partial charge in [0.2, 0.25) is 5.91 Å². The van der Waals surface area contributed by atoms with Crippen molar-refractivity contribution in [3.8, 4) is 0 Å². The molecule has 0 fully saturated rings. The van der Waals surface area contributed by atoms with E-state index in [0.29, 0.717) is 6.42 Å². The van der Waals surface area contributed by atoms with Crippen molar-refractivity contribution in [1.82, 2.24) is 15.0 Å². The molecule has 0 aromatic carbocycles. The Labute approximate surface area is 71.1 Å². The molecule has 1 amide bonds. The molecule has 66 valence electrons. The molecule has 0 saturated heterocycles. The minimum Gasteiger partial charge on any atom is -0.370 e. The van der Waals surface area contributed by atoms with Crippen LogP contribution in [0.1, 0.15) is 19.8 Å². The summed E-state index contributed by atoms with van der Waals surface area (Å²) in [7, 11) is 0. The Morgan fingerprint density at radius 1 is 1.25 bits per heavy atom. The molecule has 0 aliphatic rings. The lowest BCUT2D eigenvalue weighted by atomic mass is 10.3. The van der Waals surface area contributed by atoms with Crippen molar-refractivity contribution in [2.45, 2.75) is 19.8 Å². The van der Waals surface area contributed by atoms with Crippen molar-refractivity contribution in [2.24, 2.45) is 5.73 Å². The van der Waals surface area contributed by atoms with Gasteiger partial charge in [0.25, 0.3) is 0 Å². The van der Waals surface area contributed by atoms with Crippen LogP contribution in [0.5, 0.6) is 0 Å². The van der Waals surface area contributed by atoms with Crippen LogP contribution >= 0.6 is 0 Å². The molecule has 0 unspecified atom stereocenters. The van der Waals surface area contributed by atoms with E-state index in [9.17, 15) is 4.79 Å². The quantitative estimate of drug-likeness (QED) is 0.681. The second kappa shape index (κ2) is 7.59. The standard InChI is InChI=1S/C4H9NO.C3H3N3/c1-2-3-4(5)6;1-4-2-6-3-5-1/h2-3H2,1H3,(H2,5,6);1-3H. The third-order valence-corrected chi connectivity index (χ3v) is 0.896. The van der Waals surface area contributed by atoms with Crippen LogP contribution in [-0.4, -0.2) is 20.9 Å². The maximum absolute atomic E-state index is 9.82. The van der Waals surface area contributed by atoms with Crippen LogP contribution in [0.3, 0.4) is 0 Å². The molecule has 2 N–H and O–H groups in total. The van der Waals surface area contributed by atoms with E-state index in [-0.39, 0.29) is 5.91 Å². The molecule has 0 bridgehead atoms. The molecule has 1 aromatic rings. The average molecular weight is 168 g/mol. The first-order valence-electron chi connectivity index (χ1n) is 3.60. The van der Waals surface area contributed by atoms with Gasteiger partial charge >= 0.3 is 0 Å². The maximum Gasteiger partial charge on any atom is 0.217 e. The molecule has 0 spiro atoms. The van der Waals surface area contributed by atoms with Crippen LogP contribution in [0.2, 0.25) is 0 Å². The molecule has 5 heteroatoms. The number of carbonyl (C=O) groups is 1. The summed E-state index contributed by atoms with van der Waals surface area (Å²) in [5, 5.41) is 0. The molecule has 0 aliphatic heterocycles. The van der Waals surface area contributed by atoms with Gasteiger partial charge in [-0.15, -0.1) is 0 Å². The van der Waals surface area contributed by atoms with Crippen LogP contribution in [0, 0.1) is 0 Å². The molecule has 1 aromatic heterocycles. The van der Waals surface area contributed by atoms with E-state index in [0.717, 1.165) is 6.42 Å². The van der Waals surface area contributed by atoms with Gasteiger partial charge in [0.15, 0.2) is 0 Å². The second-order valence-electron chi connectivity index (χ2n) is 2.01. The number of carbonyl (C=O) groups excluding carboxylic acids is 1. The summed E-state index contributed by atoms with van der Waals surface area (Å²) in [5.74, 6) is -0.211. The predicted molar refractivity (Wildman–Crippen MR) is 43.9 cm³/mol. The van der Waals surface area contributed by atoms with Gasteiger partial charge in [-0.2, -0.15) is 0 Å². The van der Waals surface area contributed by atoms with Crippen LogP contribution in [0.4, 0.5) is 0 Å². The molecule has 0 atom stereocenters. The van der Waals surface area contributed by atoms with E-state index in [1.165, 1.54) is 19.0 Å². The molecule has 0 aliphatic carbocycles. The first-order chi connectivity index (χ1) is 5.77. The van der Waals surface area contributed by atoms with Gasteiger partial charge in [-0.1, -0.05) is 6.92 Å². The Kier molecular flexibility index (Phi) is 6.62. The third-order valence-electron chi connectivity index (χ3n) is 0.896. The number of hydrogen-bond donors (Lipinski definition) is 1. The maximum atomic E-state index is 9.82. The lowest BCUT2D eigenvalue weighted by molar-refractivity contribution is -0.118. The Balaban J connectivity index is 0.000000202. The van der Waals surface area contributed by atoms with Crippen molar-refractivity contribution in [3.05, 3.63) is 19.0 Å². The topological polar surface area (TPSA) is 81.8 Å². The number of aromatic nitrogens is 3. The van der Waals surface area contributed by atoms with Gasteiger partial charge in [-0.3, -0.25) is 4.79 Å². The first-order valence-corrected chi connectivity index (χ1v) is 3.60. The fraction of sp³-hybridized carbons (Fsp3) is 0.429. The lowest BCUT2D eigenvalue weighted by Gasteiger charge is -1.81. The van der Waals surface area contributed by atoms with Gasteiger partial charge in [0.1, 0.15) is 19.0 Å². The summed E-state index contributed by atoms with van der Waals surface area (Å²) < 4.78 is 0. The Morgan fingerprint density at radius 3 is 1.75 bits per heavy atom. The van der Waals surface area contributed by atoms with Crippen molar-refractivity contribution >= 4 is 5.91 Å². The van der Waals surface area contributed by atoms with Gasteiger partial charge in [0.05, 0.1) is 0 Å². The first kappa shape index (κ1) is 10.5. The van der Waals surface area contributed by atoms with Crippen LogP contribution in [-0.2, 0) is 4.79 Å². The minimum absolute atomic E-state index is 0.211. The number of nitrogens with two attached hydrogens (primary N) is 1. The van der Waals surface area contributed by atoms with Crippen molar-refractivity contribution in [3.63, 3.8) is 0 Å². The number of hydrogen-bond acceptors (Lipinski definition) is 4. The van der Waals surface area contributed by atoms with Crippen molar-refractivity contribution in [1.29, 1.82) is 0 Å². The highest BCUT2D eigenvalue weighted by atomic mass is 16.1. The molecular formula is C7H12N4O. The fourth-order valence-corrected chi connectivity index (χ4v) is 0.451. The van der Waals surface area contributed by atoms with Gasteiger partial charge in [-0.05, 0) is 6.42 Å². The van der Waals surface area contributed by atoms with Gasteiger partial charge < -0.3 is 5.73 Å². The number of amides is 1. The molecule has 1 rings (SSSR count). The minimum atomic E-state index is -0.211. The largest absolute Gasteiger partial charge is 0.370 e. The zero-order valence-electron chi connectivity index (χ0n) is 6.97. The van der Waals surface area contributed by atoms with Crippen molar-refractivity contribution in [2.75, 3.05) is 0 Å². The lowest BCUT2D eigenvalue weighted by Crippen LogP contribution is -2.08. The molecule has 1 heterocycles. The zero-order valence-corrected chi connectivity index (χ0v) is 6.97. The highest BCUT2D eigenvalue weighted by Crippen LogP contribution is 1.79. The summed E-state index contributed by atoms with van der Waals surface area (Å²) in [6.07, 6.45) is 5.68.